The zero-order valence-electron chi connectivity index (χ0n) is 24.0. The van der Waals surface area contributed by atoms with Gasteiger partial charge in [-0.3, -0.25) is 9.78 Å². The van der Waals surface area contributed by atoms with E-state index in [1.54, 1.807) is 12.4 Å². The minimum absolute atomic E-state index is 0.0736. The number of rotatable bonds is 5. The Labute approximate surface area is 242 Å². The predicted molar refractivity (Wildman–Crippen MR) is 158 cm³/mol. The summed E-state index contributed by atoms with van der Waals surface area (Å²) in [5.74, 6) is 2.37. The van der Waals surface area contributed by atoms with Crippen LogP contribution in [-0.4, -0.2) is 64.1 Å². The van der Waals surface area contributed by atoms with E-state index in [-0.39, 0.29) is 5.91 Å². The van der Waals surface area contributed by atoms with Crippen LogP contribution in [0.1, 0.15) is 54.2 Å². The first-order valence-corrected chi connectivity index (χ1v) is 14.5. The molecule has 1 amide bonds. The summed E-state index contributed by atoms with van der Waals surface area (Å²) >= 11 is 0. The van der Waals surface area contributed by atoms with E-state index >= 15 is 0 Å². The van der Waals surface area contributed by atoms with Crippen molar-refractivity contribution in [1.82, 2.24) is 24.9 Å². The highest BCUT2D eigenvalue weighted by Gasteiger charge is 2.20. The van der Waals surface area contributed by atoms with Gasteiger partial charge in [0, 0.05) is 49.5 Å². The van der Waals surface area contributed by atoms with E-state index in [2.05, 4.69) is 82.5 Å². The van der Waals surface area contributed by atoms with Gasteiger partial charge >= 0.3 is 0 Å². The standard InChI is InChI=1S/C33H39N5O3/c1-25-10-11-30-29(23-25)24-37(2)20-16-27(26-7-4-3-5-8-26)9-6-19-38(21-22-40-30)32(39)13-12-31-35-33(36-41-31)28-14-17-34-18-15-28/h3-5,7-8,10-11,14-15,17-18,23,27H,6,9,12-13,16,19-22,24H2,1-2H3. The third kappa shape index (κ3) is 8.01. The van der Waals surface area contributed by atoms with Gasteiger partial charge in [-0.1, -0.05) is 53.2 Å². The molecule has 41 heavy (non-hydrogen) atoms. The molecule has 5 rings (SSSR count). The Morgan fingerprint density at radius 1 is 1.00 bits per heavy atom. The first kappa shape index (κ1) is 28.5. The molecule has 2 aromatic carbocycles. The van der Waals surface area contributed by atoms with Crippen molar-refractivity contribution in [1.29, 1.82) is 0 Å². The normalized spacial score (nSPS) is 17.3. The van der Waals surface area contributed by atoms with Crippen molar-refractivity contribution in [3.63, 3.8) is 0 Å². The van der Waals surface area contributed by atoms with E-state index in [1.165, 1.54) is 16.7 Å². The van der Waals surface area contributed by atoms with E-state index < -0.39 is 0 Å². The molecule has 8 heteroatoms. The first-order chi connectivity index (χ1) is 20.0. The van der Waals surface area contributed by atoms with Crippen molar-refractivity contribution in [2.24, 2.45) is 0 Å². The molecule has 0 spiro atoms. The molecule has 0 radical (unpaired) electrons. The summed E-state index contributed by atoms with van der Waals surface area (Å²) in [4.78, 5) is 26.3. The fraction of sp³-hybridized carbons (Fsp3) is 0.394. The molecule has 2 aromatic heterocycles. The first-order valence-electron chi connectivity index (χ1n) is 14.5. The van der Waals surface area contributed by atoms with Crippen LogP contribution in [0.5, 0.6) is 5.75 Å². The second kappa shape index (κ2) is 14.0. The summed E-state index contributed by atoms with van der Waals surface area (Å²) in [7, 11) is 2.18. The lowest BCUT2D eigenvalue weighted by atomic mass is 9.91. The van der Waals surface area contributed by atoms with Crippen LogP contribution in [0.2, 0.25) is 0 Å². The molecule has 0 fully saturated rings. The topological polar surface area (TPSA) is 84.6 Å². The van der Waals surface area contributed by atoms with Gasteiger partial charge in [-0.25, -0.2) is 0 Å². The zero-order valence-corrected chi connectivity index (χ0v) is 24.0. The average Bonchev–Trinajstić information content (AvgIpc) is 3.47. The van der Waals surface area contributed by atoms with Gasteiger partial charge in [0.05, 0.1) is 6.54 Å². The van der Waals surface area contributed by atoms with Gasteiger partial charge in [0.1, 0.15) is 12.4 Å². The van der Waals surface area contributed by atoms with E-state index in [9.17, 15) is 4.79 Å². The molecule has 0 bridgehead atoms. The summed E-state index contributed by atoms with van der Waals surface area (Å²) in [5.41, 5.74) is 4.60. The van der Waals surface area contributed by atoms with Crippen molar-refractivity contribution in [3.05, 3.63) is 95.6 Å². The molecule has 3 heterocycles. The Morgan fingerprint density at radius 2 is 1.83 bits per heavy atom. The Kier molecular flexibility index (Phi) is 9.75. The van der Waals surface area contributed by atoms with Gasteiger partial charge in [-0.2, -0.15) is 4.98 Å². The number of hydrogen-bond donors (Lipinski definition) is 0. The van der Waals surface area contributed by atoms with Crippen LogP contribution >= 0.6 is 0 Å². The summed E-state index contributed by atoms with van der Waals surface area (Å²) < 4.78 is 11.7. The maximum absolute atomic E-state index is 13.4. The lowest BCUT2D eigenvalue weighted by molar-refractivity contribution is -0.131. The zero-order chi connectivity index (χ0) is 28.4. The molecule has 1 unspecified atom stereocenters. The maximum atomic E-state index is 13.4. The van der Waals surface area contributed by atoms with Crippen molar-refractivity contribution < 1.29 is 14.1 Å². The van der Waals surface area contributed by atoms with Gasteiger partial charge in [-0.15, -0.1) is 0 Å². The average molecular weight is 554 g/mol. The number of fused-ring (bicyclic) bond motifs is 1. The smallest absolute Gasteiger partial charge is 0.227 e. The molecule has 1 aliphatic heterocycles. The van der Waals surface area contributed by atoms with Crippen molar-refractivity contribution in [2.75, 3.05) is 33.3 Å². The molecule has 8 nitrogen and oxygen atoms in total. The molecule has 0 N–H and O–H groups in total. The highest BCUT2D eigenvalue weighted by Crippen LogP contribution is 2.27. The minimum Gasteiger partial charge on any atom is -0.491 e. The summed E-state index contributed by atoms with van der Waals surface area (Å²) in [5, 5.41) is 4.07. The summed E-state index contributed by atoms with van der Waals surface area (Å²) in [6.07, 6.45) is 7.10. The number of benzene rings is 2. The lowest BCUT2D eigenvalue weighted by Crippen LogP contribution is -2.36. The molecular formula is C33H39N5O3. The Hall–Kier alpha value is -4.04. The molecule has 0 saturated carbocycles. The second-order valence-corrected chi connectivity index (χ2v) is 10.9. The van der Waals surface area contributed by atoms with Crippen LogP contribution in [0.4, 0.5) is 0 Å². The number of pyridine rings is 1. The summed E-state index contributed by atoms with van der Waals surface area (Å²) in [6.45, 7) is 5.59. The maximum Gasteiger partial charge on any atom is 0.227 e. The molecule has 0 saturated heterocycles. The number of carbonyl (C=O) groups excluding carboxylic acids is 1. The number of carbonyl (C=O) groups is 1. The molecule has 214 valence electrons. The van der Waals surface area contributed by atoms with Crippen LogP contribution in [0.25, 0.3) is 11.4 Å². The highest BCUT2D eigenvalue weighted by molar-refractivity contribution is 5.76. The van der Waals surface area contributed by atoms with Crippen LogP contribution in [0.15, 0.2) is 77.6 Å². The fourth-order valence-electron chi connectivity index (χ4n) is 5.42. The molecular weight excluding hydrogens is 514 g/mol. The van der Waals surface area contributed by atoms with Crippen molar-refractivity contribution >= 4 is 5.91 Å². The van der Waals surface area contributed by atoms with E-state index in [4.69, 9.17) is 9.26 Å². The number of aryl methyl sites for hydroxylation is 2. The minimum atomic E-state index is 0.0736. The van der Waals surface area contributed by atoms with Crippen molar-refractivity contribution in [3.8, 4) is 17.1 Å². The van der Waals surface area contributed by atoms with Crippen LogP contribution in [-0.2, 0) is 17.8 Å². The number of hydrogen-bond acceptors (Lipinski definition) is 7. The molecule has 4 aromatic rings. The highest BCUT2D eigenvalue weighted by atomic mass is 16.5. The van der Waals surface area contributed by atoms with E-state index in [0.717, 1.165) is 43.7 Å². The third-order valence-electron chi connectivity index (χ3n) is 7.70. The second-order valence-electron chi connectivity index (χ2n) is 10.9. The van der Waals surface area contributed by atoms with Gasteiger partial charge in [0.2, 0.25) is 17.6 Å². The Morgan fingerprint density at radius 3 is 2.66 bits per heavy atom. The Balaban J connectivity index is 1.28. The molecule has 0 aliphatic carbocycles. The number of ether oxygens (including phenoxy) is 1. The quantitative estimate of drug-likeness (QED) is 0.314. The molecule has 1 aliphatic rings. The van der Waals surface area contributed by atoms with Gasteiger partial charge < -0.3 is 19.1 Å². The number of amides is 1. The number of aromatic nitrogens is 3. The van der Waals surface area contributed by atoms with E-state index in [1.807, 2.05) is 17.0 Å². The Bertz CT molecular complexity index is 1390. The predicted octanol–water partition coefficient (Wildman–Crippen LogP) is 5.68. The van der Waals surface area contributed by atoms with Gasteiger partial charge in [0.25, 0.3) is 0 Å². The fourth-order valence-corrected chi connectivity index (χ4v) is 5.42. The lowest BCUT2D eigenvalue weighted by Gasteiger charge is -2.27. The van der Waals surface area contributed by atoms with Crippen molar-refractivity contribution in [2.45, 2.75) is 51.5 Å². The molecule has 1 atom stereocenters. The number of nitrogens with zero attached hydrogens (tertiary/aromatic N) is 5. The monoisotopic (exact) mass is 553 g/mol. The van der Waals surface area contributed by atoms with Crippen LogP contribution in [0.3, 0.4) is 0 Å². The van der Waals surface area contributed by atoms with E-state index in [0.29, 0.717) is 50.2 Å². The largest absolute Gasteiger partial charge is 0.491 e. The SMILES string of the molecule is Cc1ccc2c(c1)CN(C)CCC(c1ccccc1)CCCN(C(=O)CCc1nc(-c3ccncc3)no1)CCO2. The van der Waals surface area contributed by atoms with Crippen LogP contribution < -0.4 is 4.74 Å². The van der Waals surface area contributed by atoms with Gasteiger partial charge in [0.15, 0.2) is 0 Å². The van der Waals surface area contributed by atoms with Crippen LogP contribution in [0, 0.1) is 6.92 Å². The third-order valence-corrected chi connectivity index (χ3v) is 7.70. The summed E-state index contributed by atoms with van der Waals surface area (Å²) in [6, 6.07) is 20.8. The van der Waals surface area contributed by atoms with Gasteiger partial charge in [-0.05, 0) is 69.5 Å².